The molecule has 0 spiro atoms. The molecule has 2 N–H and O–H groups in total. The number of amides is 1. The molecule has 8 rings (SSSR count). The van der Waals surface area contributed by atoms with Crippen molar-refractivity contribution in [1.82, 2.24) is 4.90 Å². The molecule has 1 saturated heterocycles. The summed E-state index contributed by atoms with van der Waals surface area (Å²) in [7, 11) is 0. The van der Waals surface area contributed by atoms with Gasteiger partial charge in [-0.25, -0.2) is 4.39 Å². The van der Waals surface area contributed by atoms with Crippen molar-refractivity contribution in [1.29, 1.82) is 0 Å². The van der Waals surface area contributed by atoms with Crippen LogP contribution in [-0.2, 0) is 33.7 Å². The Morgan fingerprint density at radius 2 is 1.71 bits per heavy atom. The number of carbonyl (C=O) groups excluding carboxylic acids is 3. The Kier molecular flexibility index (Phi) is 10.7. The Labute approximate surface area is 335 Å². The Morgan fingerprint density at radius 3 is 2.39 bits per heavy atom. The van der Waals surface area contributed by atoms with Gasteiger partial charge in [-0.3, -0.25) is 14.4 Å². The highest BCUT2D eigenvalue weighted by molar-refractivity contribution is 6.31. The number of rotatable bonds is 8. The summed E-state index contributed by atoms with van der Waals surface area (Å²) in [5, 5.41) is 24.5. The average molecular weight is 784 g/mol. The van der Waals surface area contributed by atoms with Crippen LogP contribution in [0.25, 0.3) is 0 Å². The normalized spacial score (nSPS) is 31.0. The second kappa shape index (κ2) is 14.8. The number of esters is 1. The fraction of sp³-hybridized carbons (Fsp3) is 0.511. The van der Waals surface area contributed by atoms with E-state index in [1.807, 2.05) is 69.3 Å². The summed E-state index contributed by atoms with van der Waals surface area (Å²) in [5.74, 6) is -1.80. The predicted octanol–water partition coefficient (Wildman–Crippen LogP) is 9.09. The van der Waals surface area contributed by atoms with Crippen LogP contribution in [0.4, 0.5) is 4.39 Å². The Bertz CT molecular complexity index is 2050. The third-order valence-electron chi connectivity index (χ3n) is 14.8. The van der Waals surface area contributed by atoms with Crippen LogP contribution in [0.15, 0.2) is 78.4 Å². The van der Waals surface area contributed by atoms with Crippen LogP contribution in [0, 0.1) is 22.1 Å². The molecule has 5 aliphatic rings. The molecule has 0 aromatic heterocycles. The van der Waals surface area contributed by atoms with Gasteiger partial charge in [0, 0.05) is 39.9 Å². The van der Waals surface area contributed by atoms with E-state index in [2.05, 4.69) is 19.9 Å². The molecule has 1 heterocycles. The Balaban J connectivity index is 1.32. The van der Waals surface area contributed by atoms with E-state index >= 15 is 9.18 Å². The molecule has 298 valence electrons. The van der Waals surface area contributed by atoms with Gasteiger partial charge in [-0.15, -0.1) is 0 Å². The number of ether oxygens (including phenoxy) is 1. The molecule has 0 unspecified atom stereocenters. The molecule has 56 heavy (non-hydrogen) atoms. The summed E-state index contributed by atoms with van der Waals surface area (Å²) in [4.78, 5) is 44.6. The quantitative estimate of drug-likeness (QED) is 0.134. The number of fused-ring (bicyclic) bond motifs is 10. The van der Waals surface area contributed by atoms with Gasteiger partial charge in [-0.05, 0) is 112 Å². The molecule has 3 fully saturated rings. The number of halogens is 2. The maximum Gasteiger partial charge on any atom is 0.313 e. The number of allylic oxidation sites excluding steroid dienone is 2. The molecule has 9 heteroatoms. The van der Waals surface area contributed by atoms with Crippen molar-refractivity contribution in [3.05, 3.63) is 117 Å². The minimum atomic E-state index is -1.41. The monoisotopic (exact) mass is 783 g/mol. The van der Waals surface area contributed by atoms with E-state index in [4.69, 9.17) is 16.3 Å². The summed E-state index contributed by atoms with van der Waals surface area (Å²) in [5.41, 5.74) is -1.00. The van der Waals surface area contributed by atoms with Gasteiger partial charge in [0.1, 0.15) is 5.82 Å². The van der Waals surface area contributed by atoms with Crippen LogP contribution in [0.5, 0.6) is 0 Å². The number of carbonyl (C=O) groups is 3. The second-order valence-electron chi connectivity index (χ2n) is 18.1. The van der Waals surface area contributed by atoms with Crippen molar-refractivity contribution in [2.75, 3.05) is 6.54 Å². The van der Waals surface area contributed by atoms with Gasteiger partial charge in [0.25, 0.3) is 5.91 Å². The summed E-state index contributed by atoms with van der Waals surface area (Å²) in [6.07, 6.45) is 6.00. The van der Waals surface area contributed by atoms with Crippen LogP contribution >= 0.6 is 11.6 Å². The minimum Gasteiger partial charge on any atom is -0.448 e. The number of aliphatic hydroxyl groups excluding tert-OH is 1. The van der Waals surface area contributed by atoms with Crippen LogP contribution in [0.2, 0.25) is 5.02 Å². The first-order chi connectivity index (χ1) is 26.4. The lowest BCUT2D eigenvalue weighted by molar-refractivity contribution is -0.178. The number of Topliss-reactive ketones (excluding diaryl/α,β-unsaturated/α-hetero) is 1. The first-order valence-electron chi connectivity index (χ1n) is 20.2. The number of ketones is 1. The summed E-state index contributed by atoms with van der Waals surface area (Å²) in [6, 6.07) is 19.8. The number of nitrogens with zero attached hydrogens (tertiary/aromatic N) is 1. The SMILES string of the molecule is CC1=CCC[C@@]2(C)[C@@H](CC[C@@]2(O)CN(Cc2ccccc2)C(=O)[C@@]23CC[C@@](C)(C(=O)O2)C3(C)C)c2ccc(cc2C(=O)Cc2c(F)cccc2Cl)C[C@@H](O)CC1. The predicted molar refractivity (Wildman–Crippen MR) is 215 cm³/mol. The molecule has 1 amide bonds. The van der Waals surface area contributed by atoms with Crippen molar-refractivity contribution in [2.24, 2.45) is 16.2 Å². The largest absolute Gasteiger partial charge is 0.448 e. The third kappa shape index (κ3) is 6.63. The molecule has 4 aliphatic carbocycles. The Hall–Kier alpha value is -3.85. The van der Waals surface area contributed by atoms with Crippen molar-refractivity contribution < 1.29 is 33.7 Å². The molecule has 2 saturated carbocycles. The summed E-state index contributed by atoms with van der Waals surface area (Å²) in [6.45, 7) is 10.2. The van der Waals surface area contributed by atoms with Gasteiger partial charge in [-0.2, -0.15) is 0 Å². The van der Waals surface area contributed by atoms with Crippen molar-refractivity contribution in [2.45, 2.75) is 129 Å². The lowest BCUT2D eigenvalue weighted by Gasteiger charge is -2.47. The van der Waals surface area contributed by atoms with E-state index in [1.54, 1.807) is 11.0 Å². The lowest BCUT2D eigenvalue weighted by Crippen LogP contribution is -2.60. The minimum absolute atomic E-state index is 0.000902. The standard InChI is InChI=1S/C47H55ClFNO6/c1-30-11-10-21-44(4)37(34-19-17-32(25-33(51)18-16-30)26-35(34)40(52)27-36-38(48)14-9-15-39(36)49)20-22-46(44,55)29-50(28-31-12-7-6-8-13-31)41(53)47-24-23-45(5,42(54)56-47)43(47,2)3/h6-9,11-15,17,19,26,33,37,51,55H,10,16,18,20-25,27-29H2,1-5H3/t33-,37-,44-,45-,46+,47+/m0/s1. The number of hydrogen-bond acceptors (Lipinski definition) is 6. The topological polar surface area (TPSA) is 104 Å². The summed E-state index contributed by atoms with van der Waals surface area (Å²) >= 11 is 6.42. The fourth-order valence-electron chi connectivity index (χ4n) is 10.5. The summed E-state index contributed by atoms with van der Waals surface area (Å²) < 4.78 is 21.2. The van der Waals surface area contributed by atoms with E-state index in [9.17, 15) is 19.8 Å². The highest BCUT2D eigenvalue weighted by Gasteiger charge is 2.76. The van der Waals surface area contributed by atoms with Gasteiger partial charge in [0.05, 0.1) is 23.7 Å². The van der Waals surface area contributed by atoms with E-state index in [0.717, 1.165) is 22.3 Å². The number of aliphatic hydroxyl groups is 2. The van der Waals surface area contributed by atoms with Gasteiger partial charge in [-0.1, -0.05) is 92.6 Å². The smallest absolute Gasteiger partial charge is 0.313 e. The molecule has 3 aromatic carbocycles. The fourth-order valence-corrected chi connectivity index (χ4v) is 10.7. The molecule has 0 radical (unpaired) electrons. The van der Waals surface area contributed by atoms with Crippen molar-refractivity contribution in [3.63, 3.8) is 0 Å². The van der Waals surface area contributed by atoms with E-state index in [-0.39, 0.29) is 53.7 Å². The second-order valence-corrected chi connectivity index (χ2v) is 18.5. The molecular formula is C47H55ClFNO6. The molecule has 6 atom stereocenters. The zero-order chi connectivity index (χ0) is 40.3. The molecular weight excluding hydrogens is 729 g/mol. The maximum atomic E-state index is 15.2. The average Bonchev–Trinajstić information content (AvgIpc) is 3.59. The molecule has 1 aliphatic heterocycles. The van der Waals surface area contributed by atoms with Gasteiger partial charge in [0.2, 0.25) is 0 Å². The Morgan fingerprint density at radius 1 is 0.964 bits per heavy atom. The van der Waals surface area contributed by atoms with Crippen LogP contribution in [0.1, 0.15) is 125 Å². The van der Waals surface area contributed by atoms with Gasteiger partial charge in [0.15, 0.2) is 11.4 Å². The zero-order valence-corrected chi connectivity index (χ0v) is 34.1. The number of benzene rings is 3. The third-order valence-corrected chi connectivity index (χ3v) is 15.1. The van der Waals surface area contributed by atoms with Crippen LogP contribution < -0.4 is 0 Å². The number of hydrogen-bond donors (Lipinski definition) is 2. The first-order valence-corrected chi connectivity index (χ1v) is 20.5. The van der Waals surface area contributed by atoms with E-state index in [1.165, 1.54) is 12.1 Å². The first kappa shape index (κ1) is 40.4. The van der Waals surface area contributed by atoms with Gasteiger partial charge >= 0.3 is 5.97 Å². The van der Waals surface area contributed by atoms with E-state index in [0.29, 0.717) is 63.4 Å². The molecule has 3 aromatic rings. The molecule has 4 bridgehead atoms. The van der Waals surface area contributed by atoms with Gasteiger partial charge < -0.3 is 19.8 Å². The van der Waals surface area contributed by atoms with Crippen LogP contribution in [-0.4, -0.2) is 56.6 Å². The van der Waals surface area contributed by atoms with Crippen molar-refractivity contribution >= 4 is 29.3 Å². The zero-order valence-electron chi connectivity index (χ0n) is 33.3. The van der Waals surface area contributed by atoms with Crippen LogP contribution in [0.3, 0.4) is 0 Å². The van der Waals surface area contributed by atoms with E-state index < -0.39 is 39.4 Å². The highest BCUT2D eigenvalue weighted by Crippen LogP contribution is 2.66. The lowest BCUT2D eigenvalue weighted by atomic mass is 9.64. The molecule has 7 nitrogen and oxygen atoms in total. The van der Waals surface area contributed by atoms with Crippen molar-refractivity contribution in [3.8, 4) is 0 Å². The maximum absolute atomic E-state index is 15.2. The highest BCUT2D eigenvalue weighted by atomic mass is 35.5.